The van der Waals surface area contributed by atoms with Gasteiger partial charge in [-0.25, -0.2) is 4.79 Å². The van der Waals surface area contributed by atoms with E-state index in [4.69, 9.17) is 4.74 Å². The lowest BCUT2D eigenvalue weighted by molar-refractivity contribution is 0.109. The SMILES string of the molecule is C=CCN1C[C@@H](NC(=O)N(CC)CC)C[C@@H]2c3cccc4[nH]c(COC)c(c34)C[C@H]21. The lowest BCUT2D eigenvalue weighted by Crippen LogP contribution is -2.57. The number of carbonyl (C=O) groups is 1. The summed E-state index contributed by atoms with van der Waals surface area (Å²) < 4.78 is 5.47. The zero-order valence-electron chi connectivity index (χ0n) is 18.4. The highest BCUT2D eigenvalue weighted by Crippen LogP contribution is 2.44. The maximum Gasteiger partial charge on any atom is 0.317 e. The number of ether oxygens (including phenoxy) is 1. The molecule has 1 fully saturated rings. The van der Waals surface area contributed by atoms with Gasteiger partial charge in [0.25, 0.3) is 0 Å². The molecule has 0 bridgehead atoms. The molecule has 30 heavy (non-hydrogen) atoms. The zero-order valence-corrected chi connectivity index (χ0v) is 18.4. The minimum Gasteiger partial charge on any atom is -0.378 e. The number of hydrogen-bond acceptors (Lipinski definition) is 3. The predicted molar refractivity (Wildman–Crippen MR) is 121 cm³/mol. The summed E-state index contributed by atoms with van der Waals surface area (Å²) in [7, 11) is 1.75. The number of nitrogens with one attached hydrogen (secondary N) is 2. The minimum absolute atomic E-state index is 0.0423. The van der Waals surface area contributed by atoms with Crippen LogP contribution in [0.1, 0.15) is 43.0 Å². The van der Waals surface area contributed by atoms with Crippen LogP contribution in [0.5, 0.6) is 0 Å². The smallest absolute Gasteiger partial charge is 0.317 e. The van der Waals surface area contributed by atoms with Gasteiger partial charge in [0.2, 0.25) is 0 Å². The number of H-pyrrole nitrogens is 1. The van der Waals surface area contributed by atoms with Crippen LogP contribution in [-0.2, 0) is 17.8 Å². The number of fused-ring (bicyclic) bond motifs is 2. The minimum atomic E-state index is 0.0423. The Hall–Kier alpha value is -2.31. The van der Waals surface area contributed by atoms with Crippen molar-refractivity contribution in [1.82, 2.24) is 20.1 Å². The number of methoxy groups -OCH3 is 1. The molecule has 2 aliphatic rings. The number of aromatic nitrogens is 1. The van der Waals surface area contributed by atoms with Gasteiger partial charge in [-0.15, -0.1) is 6.58 Å². The number of hydrogen-bond donors (Lipinski definition) is 2. The molecule has 1 aromatic carbocycles. The molecule has 1 aliphatic heterocycles. The molecule has 1 aliphatic carbocycles. The van der Waals surface area contributed by atoms with Gasteiger partial charge < -0.3 is 19.9 Å². The summed E-state index contributed by atoms with van der Waals surface area (Å²) in [4.78, 5) is 20.7. The highest BCUT2D eigenvalue weighted by atomic mass is 16.5. The molecule has 2 aromatic rings. The molecule has 0 unspecified atom stereocenters. The fourth-order valence-electron chi connectivity index (χ4n) is 5.48. The van der Waals surface area contributed by atoms with E-state index in [0.29, 0.717) is 18.6 Å². The summed E-state index contributed by atoms with van der Waals surface area (Å²) in [5, 5.41) is 4.67. The van der Waals surface area contributed by atoms with Crippen molar-refractivity contribution >= 4 is 16.9 Å². The maximum absolute atomic E-state index is 12.7. The molecule has 1 saturated heterocycles. The number of nitrogens with zero attached hydrogens (tertiary/aromatic N) is 2. The Labute approximate surface area is 179 Å². The molecule has 0 spiro atoms. The molecule has 6 heteroatoms. The molecule has 3 atom stereocenters. The van der Waals surface area contributed by atoms with E-state index in [0.717, 1.165) is 39.0 Å². The molecule has 0 radical (unpaired) electrons. The molecule has 0 saturated carbocycles. The average Bonchev–Trinajstić information content (AvgIpc) is 3.09. The summed E-state index contributed by atoms with van der Waals surface area (Å²) >= 11 is 0. The Morgan fingerprint density at radius 3 is 2.90 bits per heavy atom. The van der Waals surface area contributed by atoms with E-state index in [1.54, 1.807) is 7.11 Å². The lowest BCUT2D eigenvalue weighted by atomic mass is 9.73. The van der Waals surface area contributed by atoms with Gasteiger partial charge in [0.1, 0.15) is 0 Å². The van der Waals surface area contributed by atoms with Crippen LogP contribution < -0.4 is 5.32 Å². The first kappa shape index (κ1) is 20.9. The number of amides is 2. The van der Waals surface area contributed by atoms with E-state index in [2.05, 4.69) is 40.0 Å². The highest BCUT2D eigenvalue weighted by molar-refractivity contribution is 5.89. The normalized spacial score (nSPS) is 23.2. The second-order valence-electron chi connectivity index (χ2n) is 8.46. The van der Waals surface area contributed by atoms with Gasteiger partial charge >= 0.3 is 6.03 Å². The van der Waals surface area contributed by atoms with E-state index in [9.17, 15) is 4.79 Å². The van der Waals surface area contributed by atoms with E-state index < -0.39 is 0 Å². The van der Waals surface area contributed by atoms with Crippen LogP contribution in [0, 0.1) is 0 Å². The second-order valence-corrected chi connectivity index (χ2v) is 8.46. The number of piperidine rings is 1. The number of urea groups is 1. The fourth-order valence-corrected chi connectivity index (χ4v) is 5.48. The first-order valence-electron chi connectivity index (χ1n) is 11.1. The first-order chi connectivity index (χ1) is 14.6. The van der Waals surface area contributed by atoms with Crippen molar-refractivity contribution in [1.29, 1.82) is 0 Å². The van der Waals surface area contributed by atoms with Crippen molar-refractivity contribution in [2.75, 3.05) is 33.3 Å². The van der Waals surface area contributed by atoms with Crippen molar-refractivity contribution in [3.05, 3.63) is 47.7 Å². The zero-order chi connectivity index (χ0) is 21.3. The molecule has 4 rings (SSSR count). The molecule has 2 N–H and O–H groups in total. The van der Waals surface area contributed by atoms with Crippen LogP contribution in [0.25, 0.3) is 10.9 Å². The fraction of sp³-hybridized carbons (Fsp3) is 0.542. The van der Waals surface area contributed by atoms with E-state index >= 15 is 0 Å². The summed E-state index contributed by atoms with van der Waals surface area (Å²) in [5.41, 5.74) is 5.17. The molecule has 6 nitrogen and oxygen atoms in total. The Morgan fingerprint density at radius 2 is 2.20 bits per heavy atom. The number of likely N-dealkylation sites (tertiary alicyclic amines) is 1. The topological polar surface area (TPSA) is 60.6 Å². The maximum atomic E-state index is 12.7. The Kier molecular flexibility index (Phi) is 6.16. The summed E-state index contributed by atoms with van der Waals surface area (Å²) in [6, 6.07) is 7.16. The van der Waals surface area contributed by atoms with Gasteiger partial charge in [-0.05, 0) is 43.9 Å². The first-order valence-corrected chi connectivity index (χ1v) is 11.1. The predicted octanol–water partition coefficient (Wildman–Crippen LogP) is 3.63. The summed E-state index contributed by atoms with van der Waals surface area (Å²) in [6.07, 6.45) is 3.95. The van der Waals surface area contributed by atoms with E-state index in [1.807, 2.05) is 24.8 Å². The molecular formula is C24H34N4O2. The van der Waals surface area contributed by atoms with Crippen molar-refractivity contribution in [2.45, 2.75) is 51.3 Å². The van der Waals surface area contributed by atoms with E-state index in [1.165, 1.54) is 27.7 Å². The third-order valence-electron chi connectivity index (χ3n) is 6.82. The van der Waals surface area contributed by atoms with Crippen LogP contribution in [0.3, 0.4) is 0 Å². The Morgan fingerprint density at radius 1 is 1.40 bits per heavy atom. The van der Waals surface area contributed by atoms with Crippen LogP contribution in [0.15, 0.2) is 30.9 Å². The summed E-state index contributed by atoms with van der Waals surface area (Å²) in [6.45, 7) is 11.8. The Bertz CT molecular complexity index is 917. The van der Waals surface area contributed by atoms with Crippen LogP contribution in [0.4, 0.5) is 4.79 Å². The quantitative estimate of drug-likeness (QED) is 0.685. The molecule has 2 heterocycles. The number of aromatic amines is 1. The van der Waals surface area contributed by atoms with Gasteiger partial charge in [-0.2, -0.15) is 0 Å². The highest BCUT2D eigenvalue weighted by Gasteiger charge is 2.41. The van der Waals surface area contributed by atoms with Crippen LogP contribution >= 0.6 is 0 Å². The van der Waals surface area contributed by atoms with Gasteiger partial charge in [0, 0.05) is 67.9 Å². The number of rotatable bonds is 7. The van der Waals surface area contributed by atoms with Crippen molar-refractivity contribution in [3.63, 3.8) is 0 Å². The van der Waals surface area contributed by atoms with Gasteiger partial charge in [0.05, 0.1) is 6.61 Å². The monoisotopic (exact) mass is 410 g/mol. The third-order valence-corrected chi connectivity index (χ3v) is 6.82. The molecule has 162 valence electrons. The van der Waals surface area contributed by atoms with Crippen LogP contribution in [-0.4, -0.2) is 66.2 Å². The van der Waals surface area contributed by atoms with Crippen molar-refractivity contribution in [3.8, 4) is 0 Å². The standard InChI is InChI=1S/C24H34N4O2/c1-5-11-28-14-16(25-24(29)27(6-2)7-3)12-18-17-9-8-10-20-23(17)19(13-22(18)28)21(26-20)15-30-4/h5,8-10,16,18,22,26H,1,6-7,11-15H2,2-4H3,(H,25,29)/t16-,18+,22+/m0/s1. The second kappa shape index (κ2) is 8.82. The molecule has 2 amide bonds. The summed E-state index contributed by atoms with van der Waals surface area (Å²) in [5.74, 6) is 0.392. The van der Waals surface area contributed by atoms with Crippen molar-refractivity contribution < 1.29 is 9.53 Å². The Balaban J connectivity index is 1.68. The average molecular weight is 411 g/mol. The van der Waals surface area contributed by atoms with E-state index in [-0.39, 0.29) is 12.1 Å². The van der Waals surface area contributed by atoms with Gasteiger partial charge in [-0.3, -0.25) is 4.90 Å². The van der Waals surface area contributed by atoms with Crippen molar-refractivity contribution in [2.24, 2.45) is 0 Å². The number of benzene rings is 1. The van der Waals surface area contributed by atoms with Gasteiger partial charge in [-0.1, -0.05) is 18.2 Å². The number of carbonyl (C=O) groups excluding carboxylic acids is 1. The van der Waals surface area contributed by atoms with Crippen LogP contribution in [0.2, 0.25) is 0 Å². The molecular weight excluding hydrogens is 376 g/mol. The molecule has 1 aromatic heterocycles. The third kappa shape index (κ3) is 3.63. The largest absolute Gasteiger partial charge is 0.378 e. The van der Waals surface area contributed by atoms with Gasteiger partial charge in [0.15, 0.2) is 0 Å². The lowest BCUT2D eigenvalue weighted by Gasteiger charge is -2.47.